The summed E-state index contributed by atoms with van der Waals surface area (Å²) < 4.78 is 15.6. The van der Waals surface area contributed by atoms with Crippen molar-refractivity contribution in [3.63, 3.8) is 0 Å². The van der Waals surface area contributed by atoms with Crippen LogP contribution in [0.1, 0.15) is 0 Å². The van der Waals surface area contributed by atoms with E-state index in [2.05, 4.69) is 9.88 Å². The van der Waals surface area contributed by atoms with Crippen molar-refractivity contribution in [3.05, 3.63) is 71.0 Å². The van der Waals surface area contributed by atoms with Gasteiger partial charge in [-0.15, -0.1) is 0 Å². The normalized spacial score (nSPS) is 15.6. The van der Waals surface area contributed by atoms with E-state index < -0.39 is 0 Å². The van der Waals surface area contributed by atoms with Crippen molar-refractivity contribution in [2.75, 3.05) is 31.1 Å². The lowest BCUT2D eigenvalue weighted by atomic mass is 10.2. The van der Waals surface area contributed by atoms with Crippen LogP contribution in [0.25, 0.3) is 10.9 Å². The second-order valence-electron chi connectivity index (χ2n) is 6.38. The van der Waals surface area contributed by atoms with Crippen LogP contribution in [-0.4, -0.2) is 35.7 Å². The van der Waals surface area contributed by atoms with Crippen molar-refractivity contribution in [1.29, 1.82) is 0 Å². The Labute approximate surface area is 144 Å². The highest BCUT2D eigenvalue weighted by Crippen LogP contribution is 2.18. The van der Waals surface area contributed by atoms with Gasteiger partial charge in [0.05, 0.1) is 42.8 Å². The Bertz CT molecular complexity index is 947. The van der Waals surface area contributed by atoms with Crippen LogP contribution in [0.5, 0.6) is 0 Å². The topological polar surface area (TPSA) is 42.6 Å². The summed E-state index contributed by atoms with van der Waals surface area (Å²) in [4.78, 5) is 20.3. The molecule has 0 saturated carbocycles. The molecule has 0 bridgehead atoms. The van der Waals surface area contributed by atoms with Crippen molar-refractivity contribution in [2.24, 2.45) is 0 Å². The minimum atomic E-state index is -0.180. The summed E-state index contributed by atoms with van der Waals surface area (Å²) >= 11 is 0. The molecule has 0 unspecified atom stereocenters. The Balaban J connectivity index is 1.46. The van der Waals surface area contributed by atoms with Gasteiger partial charge in [-0.1, -0.05) is 24.3 Å². The highest BCUT2D eigenvalue weighted by atomic mass is 19.1. The molecule has 1 saturated heterocycles. The summed E-state index contributed by atoms with van der Waals surface area (Å²) in [6.45, 7) is 3.83. The first-order chi connectivity index (χ1) is 12.2. The van der Waals surface area contributed by atoms with E-state index in [0.717, 1.165) is 31.7 Å². The fraction of sp³-hybridized carbons (Fsp3) is 0.263. The number of hydrogen-bond donors (Lipinski definition) is 1. The Kier molecular flexibility index (Phi) is 4.19. The van der Waals surface area contributed by atoms with Gasteiger partial charge in [-0.2, -0.15) is 0 Å². The molecule has 1 aliphatic heterocycles. The molecule has 2 aromatic carbocycles. The Morgan fingerprint density at radius 2 is 1.76 bits per heavy atom. The molecule has 3 aromatic rings. The van der Waals surface area contributed by atoms with Crippen LogP contribution in [0.15, 0.2) is 59.7 Å². The third-order valence-electron chi connectivity index (χ3n) is 4.79. The first-order valence-electron chi connectivity index (χ1n) is 8.49. The lowest BCUT2D eigenvalue weighted by Crippen LogP contribution is -3.14. The van der Waals surface area contributed by atoms with Crippen LogP contribution in [0, 0.1) is 5.82 Å². The summed E-state index contributed by atoms with van der Waals surface area (Å²) in [7, 11) is 0. The fourth-order valence-electron chi connectivity index (χ4n) is 3.39. The maximum absolute atomic E-state index is 13.9. The van der Waals surface area contributed by atoms with E-state index >= 15 is 0 Å². The van der Waals surface area contributed by atoms with E-state index in [1.807, 2.05) is 36.4 Å². The molecule has 0 spiro atoms. The molecular formula is C19H20FN4O+. The molecule has 128 valence electrons. The fourth-order valence-corrected chi connectivity index (χ4v) is 3.39. The van der Waals surface area contributed by atoms with Crippen LogP contribution >= 0.6 is 0 Å². The Hall–Kier alpha value is -2.73. The molecule has 5 nitrogen and oxygen atoms in total. The molecule has 4 rings (SSSR count). The first-order valence-corrected chi connectivity index (χ1v) is 8.49. The predicted molar refractivity (Wildman–Crippen MR) is 95.3 cm³/mol. The van der Waals surface area contributed by atoms with E-state index in [0.29, 0.717) is 17.7 Å². The van der Waals surface area contributed by atoms with E-state index in [1.54, 1.807) is 17.0 Å². The number of halogens is 1. The molecule has 1 N–H and O–H groups in total. The smallest absolute Gasteiger partial charge is 0.265 e. The number of fused-ring (bicyclic) bond motifs is 1. The van der Waals surface area contributed by atoms with Gasteiger partial charge in [0.2, 0.25) is 0 Å². The monoisotopic (exact) mass is 339 g/mol. The van der Waals surface area contributed by atoms with Crippen molar-refractivity contribution < 1.29 is 9.29 Å². The molecule has 0 aliphatic carbocycles. The van der Waals surface area contributed by atoms with E-state index in [1.165, 1.54) is 11.0 Å². The summed E-state index contributed by atoms with van der Waals surface area (Å²) in [5, 5.41) is 0.648. The number of para-hydroxylation sites is 2. The number of anilines is 1. The Morgan fingerprint density at radius 1 is 1.04 bits per heavy atom. The minimum absolute atomic E-state index is 0.00497. The van der Waals surface area contributed by atoms with Crippen molar-refractivity contribution in [2.45, 2.75) is 6.67 Å². The van der Waals surface area contributed by atoms with Gasteiger partial charge >= 0.3 is 0 Å². The molecule has 1 aliphatic rings. The summed E-state index contributed by atoms with van der Waals surface area (Å²) in [5.41, 5.74) is 1.38. The number of quaternary nitrogens is 1. The summed E-state index contributed by atoms with van der Waals surface area (Å²) in [6.07, 6.45) is 1.63. The average molecular weight is 339 g/mol. The van der Waals surface area contributed by atoms with Crippen LogP contribution in [0.4, 0.5) is 10.1 Å². The summed E-state index contributed by atoms with van der Waals surface area (Å²) in [5.74, 6) is -0.180. The van der Waals surface area contributed by atoms with Crippen molar-refractivity contribution in [3.8, 4) is 0 Å². The number of benzene rings is 2. The van der Waals surface area contributed by atoms with Gasteiger partial charge in [0, 0.05) is 0 Å². The van der Waals surface area contributed by atoms with Gasteiger partial charge in [-0.25, -0.2) is 13.9 Å². The highest BCUT2D eigenvalue weighted by molar-refractivity contribution is 5.76. The molecule has 0 atom stereocenters. The zero-order valence-electron chi connectivity index (χ0n) is 13.9. The van der Waals surface area contributed by atoms with Crippen LogP contribution in [-0.2, 0) is 6.67 Å². The number of nitrogens with zero attached hydrogens (tertiary/aromatic N) is 3. The number of aromatic nitrogens is 2. The minimum Gasteiger partial charge on any atom is -0.358 e. The van der Waals surface area contributed by atoms with E-state index in [9.17, 15) is 9.18 Å². The first kappa shape index (κ1) is 15.8. The lowest BCUT2D eigenvalue weighted by molar-refractivity contribution is -0.923. The van der Waals surface area contributed by atoms with Gasteiger partial charge in [-0.05, 0) is 24.3 Å². The summed E-state index contributed by atoms with van der Waals surface area (Å²) in [6, 6.07) is 14.3. The number of rotatable bonds is 3. The van der Waals surface area contributed by atoms with Gasteiger partial charge in [0.25, 0.3) is 5.56 Å². The SMILES string of the molecule is O=c1c2ccccc2ncn1C[NH+]1CCN(c2ccccc2F)CC1. The molecule has 0 radical (unpaired) electrons. The molecule has 0 amide bonds. The second-order valence-corrected chi connectivity index (χ2v) is 6.38. The molecule has 25 heavy (non-hydrogen) atoms. The van der Waals surface area contributed by atoms with E-state index in [-0.39, 0.29) is 11.4 Å². The number of hydrogen-bond acceptors (Lipinski definition) is 3. The van der Waals surface area contributed by atoms with Gasteiger partial charge in [-0.3, -0.25) is 4.79 Å². The van der Waals surface area contributed by atoms with Crippen LogP contribution in [0.2, 0.25) is 0 Å². The zero-order valence-corrected chi connectivity index (χ0v) is 13.9. The van der Waals surface area contributed by atoms with Gasteiger partial charge in [0.1, 0.15) is 12.1 Å². The second kappa shape index (κ2) is 6.64. The molecule has 1 fully saturated rings. The Morgan fingerprint density at radius 3 is 2.56 bits per heavy atom. The van der Waals surface area contributed by atoms with Crippen molar-refractivity contribution in [1.82, 2.24) is 9.55 Å². The van der Waals surface area contributed by atoms with E-state index in [4.69, 9.17) is 0 Å². The highest BCUT2D eigenvalue weighted by Gasteiger charge is 2.22. The van der Waals surface area contributed by atoms with Crippen molar-refractivity contribution >= 4 is 16.6 Å². The zero-order chi connectivity index (χ0) is 17.2. The standard InChI is InChI=1S/C19H19FN4O/c20-16-6-2-4-8-18(16)23-11-9-22(10-12-23)14-24-13-21-17-7-3-1-5-15(17)19(24)25/h1-8,13H,9-12,14H2/p+1. The largest absolute Gasteiger partial charge is 0.358 e. The number of nitrogens with one attached hydrogen (secondary N) is 1. The molecule has 2 heterocycles. The maximum atomic E-state index is 13.9. The van der Waals surface area contributed by atoms with Gasteiger partial charge in [0.15, 0.2) is 6.67 Å². The van der Waals surface area contributed by atoms with Crippen LogP contribution in [0.3, 0.4) is 0 Å². The molecule has 1 aromatic heterocycles. The average Bonchev–Trinajstić information content (AvgIpc) is 2.65. The molecule has 6 heteroatoms. The number of piperazine rings is 1. The lowest BCUT2D eigenvalue weighted by Gasteiger charge is -2.33. The van der Waals surface area contributed by atoms with Gasteiger partial charge < -0.3 is 9.80 Å². The van der Waals surface area contributed by atoms with Crippen LogP contribution < -0.4 is 15.4 Å². The molecular weight excluding hydrogens is 319 g/mol. The third-order valence-corrected chi connectivity index (χ3v) is 4.79. The third kappa shape index (κ3) is 3.13. The maximum Gasteiger partial charge on any atom is 0.265 e. The quantitative estimate of drug-likeness (QED) is 0.771. The predicted octanol–water partition coefficient (Wildman–Crippen LogP) is 0.898.